The van der Waals surface area contributed by atoms with Crippen LogP contribution in [0.5, 0.6) is 0 Å². The Morgan fingerprint density at radius 1 is 1.23 bits per heavy atom. The van der Waals surface area contributed by atoms with Crippen LogP contribution in [0.4, 0.5) is 8.78 Å². The van der Waals surface area contributed by atoms with Gasteiger partial charge in [0.05, 0.1) is 5.39 Å². The van der Waals surface area contributed by atoms with Crippen molar-refractivity contribution in [3.63, 3.8) is 0 Å². The lowest BCUT2D eigenvalue weighted by Gasteiger charge is -1.90. The van der Waals surface area contributed by atoms with Gasteiger partial charge in [-0.2, -0.15) is 0 Å². The first-order valence-corrected chi connectivity index (χ1v) is 3.69. The number of aliphatic hydroxyl groups excluding tert-OH is 1. The molecule has 0 unspecified atom stereocenters. The van der Waals surface area contributed by atoms with E-state index < -0.39 is 11.6 Å². The molecular formula is C9H6F2O2. The highest BCUT2D eigenvalue weighted by Gasteiger charge is 2.09. The Kier molecular flexibility index (Phi) is 1.77. The van der Waals surface area contributed by atoms with Gasteiger partial charge in [0.1, 0.15) is 29.6 Å². The Bertz CT molecular complexity index is 448. The van der Waals surface area contributed by atoms with Crippen molar-refractivity contribution < 1.29 is 18.3 Å². The molecule has 0 saturated carbocycles. The third-order valence-electron chi connectivity index (χ3n) is 1.76. The summed E-state index contributed by atoms with van der Waals surface area (Å²) in [6.07, 6.45) is 0. The number of fused-ring (bicyclic) bond motifs is 1. The Morgan fingerprint density at radius 3 is 2.69 bits per heavy atom. The van der Waals surface area contributed by atoms with Gasteiger partial charge in [-0.05, 0) is 6.07 Å². The molecule has 0 atom stereocenters. The molecule has 0 aliphatic heterocycles. The maximum absolute atomic E-state index is 13.0. The van der Waals surface area contributed by atoms with Crippen LogP contribution in [-0.4, -0.2) is 5.11 Å². The van der Waals surface area contributed by atoms with Crippen LogP contribution in [0.1, 0.15) is 5.76 Å². The average Bonchev–Trinajstić information content (AvgIpc) is 2.47. The molecule has 1 N–H and O–H groups in total. The summed E-state index contributed by atoms with van der Waals surface area (Å²) >= 11 is 0. The smallest absolute Gasteiger partial charge is 0.140 e. The molecule has 2 rings (SSSR count). The second-order valence-corrected chi connectivity index (χ2v) is 2.67. The van der Waals surface area contributed by atoms with Crippen LogP contribution in [-0.2, 0) is 6.61 Å². The van der Waals surface area contributed by atoms with Gasteiger partial charge in [0, 0.05) is 12.1 Å². The lowest BCUT2D eigenvalue weighted by molar-refractivity contribution is 0.251. The Labute approximate surface area is 72.4 Å². The lowest BCUT2D eigenvalue weighted by Crippen LogP contribution is -1.78. The summed E-state index contributed by atoms with van der Waals surface area (Å²) in [7, 11) is 0. The molecule has 0 bridgehead atoms. The Balaban J connectivity index is 2.75. The summed E-state index contributed by atoms with van der Waals surface area (Å²) in [5.41, 5.74) is 0.113. The molecule has 0 fully saturated rings. The van der Waals surface area contributed by atoms with E-state index in [4.69, 9.17) is 9.52 Å². The number of rotatable bonds is 1. The van der Waals surface area contributed by atoms with E-state index in [0.29, 0.717) is 0 Å². The lowest BCUT2D eigenvalue weighted by atomic mass is 10.2. The second-order valence-electron chi connectivity index (χ2n) is 2.67. The van der Waals surface area contributed by atoms with Crippen LogP contribution >= 0.6 is 0 Å². The zero-order chi connectivity index (χ0) is 9.42. The van der Waals surface area contributed by atoms with Crippen LogP contribution in [0.25, 0.3) is 11.0 Å². The zero-order valence-corrected chi connectivity index (χ0v) is 6.55. The summed E-state index contributed by atoms with van der Waals surface area (Å²) in [5, 5.41) is 8.87. The van der Waals surface area contributed by atoms with Crippen molar-refractivity contribution in [3.05, 3.63) is 35.6 Å². The molecular weight excluding hydrogens is 178 g/mol. The molecule has 4 heteroatoms. The monoisotopic (exact) mass is 184 g/mol. The molecule has 0 saturated heterocycles. The highest BCUT2D eigenvalue weighted by molar-refractivity contribution is 5.78. The van der Waals surface area contributed by atoms with Gasteiger partial charge in [-0.25, -0.2) is 8.78 Å². The first kappa shape index (κ1) is 8.19. The molecule has 0 spiro atoms. The maximum atomic E-state index is 13.0. The van der Waals surface area contributed by atoms with Gasteiger partial charge in [-0.15, -0.1) is 0 Å². The molecule has 68 valence electrons. The van der Waals surface area contributed by atoms with E-state index in [1.807, 2.05) is 0 Å². The van der Waals surface area contributed by atoms with E-state index in [9.17, 15) is 8.78 Å². The summed E-state index contributed by atoms with van der Waals surface area (Å²) in [6, 6.07) is 3.21. The predicted octanol–water partition coefficient (Wildman–Crippen LogP) is 2.20. The van der Waals surface area contributed by atoms with E-state index in [1.54, 1.807) is 0 Å². The largest absolute Gasteiger partial charge is 0.458 e. The summed E-state index contributed by atoms with van der Waals surface area (Å²) < 4.78 is 30.6. The van der Waals surface area contributed by atoms with Gasteiger partial charge in [-0.1, -0.05) is 0 Å². The first-order chi connectivity index (χ1) is 6.20. The van der Waals surface area contributed by atoms with Crippen LogP contribution < -0.4 is 0 Å². The van der Waals surface area contributed by atoms with E-state index in [1.165, 1.54) is 6.07 Å². The van der Waals surface area contributed by atoms with Gasteiger partial charge in [-0.3, -0.25) is 0 Å². The minimum absolute atomic E-state index is 0.113. The third-order valence-corrected chi connectivity index (χ3v) is 1.76. The van der Waals surface area contributed by atoms with E-state index in [-0.39, 0.29) is 23.3 Å². The third kappa shape index (κ3) is 1.29. The van der Waals surface area contributed by atoms with Crippen LogP contribution in [0.2, 0.25) is 0 Å². The molecule has 1 aromatic carbocycles. The van der Waals surface area contributed by atoms with Gasteiger partial charge in [0.25, 0.3) is 0 Å². The normalized spacial score (nSPS) is 11.0. The molecule has 1 heterocycles. The number of furan rings is 1. The van der Waals surface area contributed by atoms with Crippen molar-refractivity contribution >= 4 is 11.0 Å². The minimum atomic E-state index is -0.691. The van der Waals surface area contributed by atoms with Crippen molar-refractivity contribution in [3.8, 4) is 0 Å². The van der Waals surface area contributed by atoms with E-state index in [0.717, 1.165) is 12.1 Å². The Hall–Kier alpha value is -1.42. The second kappa shape index (κ2) is 2.81. The van der Waals surface area contributed by atoms with E-state index >= 15 is 0 Å². The van der Waals surface area contributed by atoms with Gasteiger partial charge < -0.3 is 9.52 Å². The topological polar surface area (TPSA) is 33.4 Å². The fourth-order valence-corrected chi connectivity index (χ4v) is 1.20. The molecule has 0 aliphatic rings. The molecule has 2 aromatic rings. The predicted molar refractivity (Wildman–Crippen MR) is 42.1 cm³/mol. The highest BCUT2D eigenvalue weighted by atomic mass is 19.1. The number of hydrogen-bond donors (Lipinski definition) is 1. The molecule has 0 aliphatic carbocycles. The number of halogens is 2. The molecule has 2 nitrogen and oxygen atoms in total. The highest BCUT2D eigenvalue weighted by Crippen LogP contribution is 2.23. The van der Waals surface area contributed by atoms with E-state index in [2.05, 4.69) is 0 Å². The number of aliphatic hydroxyl groups is 1. The zero-order valence-electron chi connectivity index (χ0n) is 6.55. The number of hydrogen-bond acceptors (Lipinski definition) is 2. The van der Waals surface area contributed by atoms with Crippen LogP contribution in [0.15, 0.2) is 22.6 Å². The maximum Gasteiger partial charge on any atom is 0.140 e. The SMILES string of the molecule is OCc1cc2c(F)cc(F)cc2o1. The van der Waals surface area contributed by atoms with Crippen molar-refractivity contribution in [1.29, 1.82) is 0 Å². The van der Waals surface area contributed by atoms with Crippen molar-refractivity contribution in [2.45, 2.75) is 6.61 Å². The van der Waals surface area contributed by atoms with Crippen LogP contribution in [0.3, 0.4) is 0 Å². The fourth-order valence-electron chi connectivity index (χ4n) is 1.20. The summed E-state index contributed by atoms with van der Waals surface area (Å²) in [6.45, 7) is -0.324. The van der Waals surface area contributed by atoms with Crippen molar-refractivity contribution in [1.82, 2.24) is 0 Å². The van der Waals surface area contributed by atoms with Crippen molar-refractivity contribution in [2.24, 2.45) is 0 Å². The average molecular weight is 184 g/mol. The van der Waals surface area contributed by atoms with Gasteiger partial charge in [0.2, 0.25) is 0 Å². The molecule has 13 heavy (non-hydrogen) atoms. The van der Waals surface area contributed by atoms with Crippen molar-refractivity contribution in [2.75, 3.05) is 0 Å². The standard InChI is InChI=1S/C9H6F2O2/c10-5-1-8(11)7-3-6(4-12)13-9(7)2-5/h1-3,12H,4H2. The van der Waals surface area contributed by atoms with Gasteiger partial charge >= 0.3 is 0 Å². The quantitative estimate of drug-likeness (QED) is 0.737. The van der Waals surface area contributed by atoms with Gasteiger partial charge in [0.15, 0.2) is 0 Å². The minimum Gasteiger partial charge on any atom is -0.458 e. The van der Waals surface area contributed by atoms with Crippen LogP contribution in [0, 0.1) is 11.6 Å². The summed E-state index contributed by atoms with van der Waals surface area (Å²) in [4.78, 5) is 0. The molecule has 0 radical (unpaired) electrons. The molecule has 0 amide bonds. The fraction of sp³-hybridized carbons (Fsp3) is 0.111. The molecule has 1 aromatic heterocycles. The first-order valence-electron chi connectivity index (χ1n) is 3.69. The number of benzene rings is 1. The Morgan fingerprint density at radius 2 is 2.00 bits per heavy atom. The summed E-state index contributed by atoms with van der Waals surface area (Å²) in [5.74, 6) is -1.15.